The van der Waals surface area contributed by atoms with E-state index in [1.54, 1.807) is 25.4 Å². The van der Waals surface area contributed by atoms with E-state index in [9.17, 15) is 4.79 Å². The number of halogens is 1. The van der Waals surface area contributed by atoms with Gasteiger partial charge in [0.15, 0.2) is 5.82 Å². The smallest absolute Gasteiger partial charge is 0.229 e. The molecular weight excluding hydrogens is 386 g/mol. The first kappa shape index (κ1) is 20.8. The van der Waals surface area contributed by atoms with Crippen molar-refractivity contribution >= 4 is 23.3 Å². The van der Waals surface area contributed by atoms with E-state index in [4.69, 9.17) is 21.3 Å². The largest absolute Gasteiger partial charge is 0.497 e. The van der Waals surface area contributed by atoms with Gasteiger partial charge >= 0.3 is 0 Å². The van der Waals surface area contributed by atoms with Crippen molar-refractivity contribution in [2.75, 3.05) is 12.4 Å². The van der Waals surface area contributed by atoms with Gasteiger partial charge in [0.2, 0.25) is 5.91 Å². The van der Waals surface area contributed by atoms with Crippen molar-refractivity contribution in [1.29, 1.82) is 0 Å². The molecule has 0 saturated carbocycles. The van der Waals surface area contributed by atoms with Gasteiger partial charge in [-0.15, -0.1) is 0 Å². The number of nitrogens with zero attached hydrogens (tertiary/aromatic N) is 2. The van der Waals surface area contributed by atoms with Crippen LogP contribution in [0.3, 0.4) is 0 Å². The topological polar surface area (TPSA) is 64.1 Å². The number of aromatic nitrogens is 2. The van der Waals surface area contributed by atoms with Gasteiger partial charge in [0, 0.05) is 10.6 Å². The zero-order valence-corrected chi connectivity index (χ0v) is 17.5. The fraction of sp³-hybridized carbons (Fsp3) is 0.261. The second kappa shape index (κ2) is 9.52. The molecule has 0 aliphatic rings. The standard InChI is InChI=1S/C23H24ClN3O2/c1-15(2)12-20-23(27-22(28)13-16-4-8-18(24)9-5-16)25-14-21(26-20)17-6-10-19(29-3)11-7-17/h4-11,14-15H,12-13H2,1-3H3,(H,25,27,28). The Balaban J connectivity index is 1.81. The van der Waals surface area contributed by atoms with E-state index >= 15 is 0 Å². The highest BCUT2D eigenvalue weighted by Gasteiger charge is 2.14. The Bertz CT molecular complexity index is 970. The predicted octanol–water partition coefficient (Wildman–Crippen LogP) is 5.19. The maximum Gasteiger partial charge on any atom is 0.229 e. The molecule has 0 aliphatic carbocycles. The number of anilines is 1. The molecule has 150 valence electrons. The lowest BCUT2D eigenvalue weighted by Crippen LogP contribution is -2.18. The molecule has 0 fully saturated rings. The molecule has 1 heterocycles. The normalized spacial score (nSPS) is 10.8. The van der Waals surface area contributed by atoms with E-state index in [1.807, 2.05) is 36.4 Å². The van der Waals surface area contributed by atoms with E-state index < -0.39 is 0 Å². The average molecular weight is 410 g/mol. The van der Waals surface area contributed by atoms with Crippen LogP contribution in [-0.4, -0.2) is 23.0 Å². The molecular formula is C23H24ClN3O2. The summed E-state index contributed by atoms with van der Waals surface area (Å²) in [5.74, 6) is 1.54. The van der Waals surface area contributed by atoms with Gasteiger partial charge in [-0.05, 0) is 54.3 Å². The molecule has 5 nitrogen and oxygen atoms in total. The van der Waals surface area contributed by atoms with Crippen LogP contribution in [0.5, 0.6) is 5.75 Å². The van der Waals surface area contributed by atoms with Crippen LogP contribution >= 0.6 is 11.6 Å². The van der Waals surface area contributed by atoms with Crippen LogP contribution in [0.2, 0.25) is 5.02 Å². The van der Waals surface area contributed by atoms with Crippen LogP contribution in [-0.2, 0) is 17.6 Å². The van der Waals surface area contributed by atoms with Gasteiger partial charge in [-0.1, -0.05) is 37.6 Å². The molecule has 29 heavy (non-hydrogen) atoms. The van der Waals surface area contributed by atoms with Gasteiger partial charge in [-0.2, -0.15) is 0 Å². The van der Waals surface area contributed by atoms with E-state index in [0.29, 0.717) is 23.2 Å². The fourth-order valence-electron chi connectivity index (χ4n) is 2.93. The highest BCUT2D eigenvalue weighted by atomic mass is 35.5. The summed E-state index contributed by atoms with van der Waals surface area (Å²) in [5.41, 5.74) is 3.37. The molecule has 0 unspecified atom stereocenters. The first-order valence-corrected chi connectivity index (χ1v) is 9.87. The van der Waals surface area contributed by atoms with E-state index in [-0.39, 0.29) is 12.3 Å². The van der Waals surface area contributed by atoms with Crippen molar-refractivity contribution in [2.45, 2.75) is 26.7 Å². The number of ether oxygens (including phenoxy) is 1. The minimum atomic E-state index is -0.135. The first-order chi connectivity index (χ1) is 13.9. The third-order valence-electron chi connectivity index (χ3n) is 4.37. The number of amides is 1. The number of benzene rings is 2. The van der Waals surface area contributed by atoms with Crippen LogP contribution in [0.15, 0.2) is 54.7 Å². The minimum Gasteiger partial charge on any atom is -0.497 e. The molecule has 0 spiro atoms. The Morgan fingerprint density at radius 3 is 2.41 bits per heavy atom. The summed E-state index contributed by atoms with van der Waals surface area (Å²) in [4.78, 5) is 21.8. The summed E-state index contributed by atoms with van der Waals surface area (Å²) >= 11 is 5.90. The van der Waals surface area contributed by atoms with Crippen LogP contribution in [0, 0.1) is 5.92 Å². The van der Waals surface area contributed by atoms with Crippen LogP contribution in [0.1, 0.15) is 25.1 Å². The summed E-state index contributed by atoms with van der Waals surface area (Å²) in [5, 5.41) is 3.56. The molecule has 1 amide bonds. The van der Waals surface area contributed by atoms with Crippen LogP contribution in [0.25, 0.3) is 11.3 Å². The maximum absolute atomic E-state index is 12.5. The van der Waals surface area contributed by atoms with Crippen molar-refractivity contribution < 1.29 is 9.53 Å². The third-order valence-corrected chi connectivity index (χ3v) is 4.62. The van der Waals surface area contributed by atoms with Gasteiger partial charge in [-0.25, -0.2) is 9.97 Å². The number of carbonyl (C=O) groups is 1. The number of rotatable bonds is 7. The highest BCUT2D eigenvalue weighted by molar-refractivity contribution is 6.30. The predicted molar refractivity (Wildman–Crippen MR) is 116 cm³/mol. The molecule has 1 aromatic heterocycles. The van der Waals surface area contributed by atoms with Gasteiger partial charge in [-0.3, -0.25) is 4.79 Å². The van der Waals surface area contributed by atoms with E-state index in [2.05, 4.69) is 24.1 Å². The second-order valence-corrected chi connectivity index (χ2v) is 7.66. The molecule has 0 saturated heterocycles. The second-order valence-electron chi connectivity index (χ2n) is 7.23. The van der Waals surface area contributed by atoms with Gasteiger partial charge in [0.25, 0.3) is 0 Å². The molecule has 0 atom stereocenters. The number of hydrogen-bond acceptors (Lipinski definition) is 4. The number of hydrogen-bond donors (Lipinski definition) is 1. The van der Waals surface area contributed by atoms with Crippen molar-refractivity contribution in [2.24, 2.45) is 5.92 Å². The van der Waals surface area contributed by atoms with E-state index in [0.717, 1.165) is 28.3 Å². The Labute approximate surface area is 176 Å². The van der Waals surface area contributed by atoms with Crippen molar-refractivity contribution in [3.8, 4) is 17.0 Å². The first-order valence-electron chi connectivity index (χ1n) is 9.49. The molecule has 2 aromatic carbocycles. The maximum atomic E-state index is 12.5. The lowest BCUT2D eigenvalue weighted by Gasteiger charge is -2.13. The lowest BCUT2D eigenvalue weighted by atomic mass is 10.1. The molecule has 3 rings (SSSR count). The van der Waals surface area contributed by atoms with E-state index in [1.165, 1.54) is 0 Å². The fourth-order valence-corrected chi connectivity index (χ4v) is 3.05. The zero-order valence-electron chi connectivity index (χ0n) is 16.8. The Hall–Kier alpha value is -2.92. The highest BCUT2D eigenvalue weighted by Crippen LogP contribution is 2.24. The molecule has 6 heteroatoms. The van der Waals surface area contributed by atoms with Crippen LogP contribution in [0.4, 0.5) is 5.82 Å². The summed E-state index contributed by atoms with van der Waals surface area (Å²) in [7, 11) is 1.64. The number of methoxy groups -OCH3 is 1. The molecule has 0 bridgehead atoms. The SMILES string of the molecule is COc1ccc(-c2cnc(NC(=O)Cc3ccc(Cl)cc3)c(CC(C)C)n2)cc1. The van der Waals surface area contributed by atoms with Crippen molar-refractivity contribution in [3.05, 3.63) is 71.0 Å². The van der Waals surface area contributed by atoms with Gasteiger partial charge < -0.3 is 10.1 Å². The Morgan fingerprint density at radius 1 is 1.10 bits per heavy atom. The summed E-state index contributed by atoms with van der Waals surface area (Å²) < 4.78 is 5.21. The Kier molecular flexibility index (Phi) is 6.83. The number of nitrogens with one attached hydrogen (secondary N) is 1. The molecule has 3 aromatic rings. The average Bonchev–Trinajstić information content (AvgIpc) is 2.71. The van der Waals surface area contributed by atoms with Crippen molar-refractivity contribution in [1.82, 2.24) is 9.97 Å². The molecule has 0 aliphatic heterocycles. The monoisotopic (exact) mass is 409 g/mol. The summed E-state index contributed by atoms with van der Waals surface area (Å²) in [6, 6.07) is 14.9. The summed E-state index contributed by atoms with van der Waals surface area (Å²) in [6.07, 6.45) is 2.65. The molecule has 0 radical (unpaired) electrons. The summed E-state index contributed by atoms with van der Waals surface area (Å²) in [6.45, 7) is 4.22. The van der Waals surface area contributed by atoms with Gasteiger partial charge in [0.05, 0.1) is 31.1 Å². The lowest BCUT2D eigenvalue weighted by molar-refractivity contribution is -0.115. The Morgan fingerprint density at radius 2 is 1.79 bits per heavy atom. The zero-order chi connectivity index (χ0) is 20.8. The van der Waals surface area contributed by atoms with Crippen LogP contribution < -0.4 is 10.1 Å². The molecule has 1 N–H and O–H groups in total. The number of carbonyl (C=O) groups excluding carboxylic acids is 1. The van der Waals surface area contributed by atoms with Gasteiger partial charge in [0.1, 0.15) is 5.75 Å². The minimum absolute atomic E-state index is 0.135. The third kappa shape index (κ3) is 5.78. The van der Waals surface area contributed by atoms with Crippen molar-refractivity contribution in [3.63, 3.8) is 0 Å². The quantitative estimate of drug-likeness (QED) is 0.583.